The zero-order valence-electron chi connectivity index (χ0n) is 9.40. The van der Waals surface area contributed by atoms with Crippen molar-refractivity contribution < 1.29 is 0 Å². The van der Waals surface area contributed by atoms with E-state index in [2.05, 4.69) is 27.7 Å². The predicted octanol–water partition coefficient (Wildman–Crippen LogP) is 4.64. The Labute approximate surface area is 78.8 Å². The van der Waals surface area contributed by atoms with Gasteiger partial charge in [0.15, 0.2) is 0 Å². The van der Waals surface area contributed by atoms with Crippen LogP contribution in [0.5, 0.6) is 0 Å². The molecule has 74 valence electrons. The van der Waals surface area contributed by atoms with E-state index in [1.807, 2.05) is 0 Å². The standard InChI is InChI=1S/C12H26/c1-5-8-9-12(7-3)10-11(4)6-2/h11-12H,5-10H2,1-4H3. The summed E-state index contributed by atoms with van der Waals surface area (Å²) >= 11 is 0. The summed E-state index contributed by atoms with van der Waals surface area (Å²) in [6.07, 6.45) is 8.42. The molecule has 0 aliphatic carbocycles. The van der Waals surface area contributed by atoms with Crippen molar-refractivity contribution in [2.45, 2.75) is 66.2 Å². The van der Waals surface area contributed by atoms with Crippen LogP contribution in [0.25, 0.3) is 0 Å². The van der Waals surface area contributed by atoms with Crippen LogP contribution in [0.2, 0.25) is 0 Å². The van der Waals surface area contributed by atoms with Crippen LogP contribution in [0, 0.1) is 11.8 Å². The molecule has 0 heterocycles. The lowest BCUT2D eigenvalue weighted by molar-refractivity contribution is 0.346. The van der Waals surface area contributed by atoms with Crippen LogP contribution >= 0.6 is 0 Å². The van der Waals surface area contributed by atoms with E-state index in [9.17, 15) is 0 Å². The summed E-state index contributed by atoms with van der Waals surface area (Å²) in [4.78, 5) is 0. The third-order valence-corrected chi connectivity index (χ3v) is 2.98. The minimum Gasteiger partial charge on any atom is -0.0654 e. The maximum absolute atomic E-state index is 2.38. The molecule has 0 saturated heterocycles. The van der Waals surface area contributed by atoms with Crippen molar-refractivity contribution in [1.82, 2.24) is 0 Å². The topological polar surface area (TPSA) is 0 Å². The summed E-state index contributed by atoms with van der Waals surface area (Å²) in [7, 11) is 0. The Bertz CT molecular complexity index is 86.0. The molecule has 0 nitrogen and oxygen atoms in total. The van der Waals surface area contributed by atoms with Gasteiger partial charge in [-0.2, -0.15) is 0 Å². The van der Waals surface area contributed by atoms with Gasteiger partial charge in [-0.05, 0) is 18.3 Å². The summed E-state index contributed by atoms with van der Waals surface area (Å²) in [5.74, 6) is 1.94. The van der Waals surface area contributed by atoms with Gasteiger partial charge in [0.05, 0.1) is 0 Å². The zero-order chi connectivity index (χ0) is 9.40. The number of rotatable bonds is 7. The van der Waals surface area contributed by atoms with Crippen molar-refractivity contribution in [3.63, 3.8) is 0 Å². The Morgan fingerprint density at radius 1 is 1.00 bits per heavy atom. The maximum atomic E-state index is 2.38. The van der Waals surface area contributed by atoms with E-state index in [0.717, 1.165) is 11.8 Å². The highest BCUT2D eigenvalue weighted by molar-refractivity contribution is 4.61. The van der Waals surface area contributed by atoms with E-state index in [-0.39, 0.29) is 0 Å². The molecule has 0 N–H and O–H groups in total. The molecule has 0 amide bonds. The van der Waals surface area contributed by atoms with Crippen molar-refractivity contribution in [3.8, 4) is 0 Å². The van der Waals surface area contributed by atoms with Crippen molar-refractivity contribution in [2.24, 2.45) is 11.8 Å². The summed E-state index contributed by atoms with van der Waals surface area (Å²) < 4.78 is 0. The quantitative estimate of drug-likeness (QED) is 0.522. The molecule has 0 saturated carbocycles. The monoisotopic (exact) mass is 170 g/mol. The first-order chi connectivity index (χ1) is 5.74. The molecule has 0 aromatic heterocycles. The van der Waals surface area contributed by atoms with Crippen molar-refractivity contribution in [2.75, 3.05) is 0 Å². The smallest absolute Gasteiger partial charge is 0.0414 e. The van der Waals surface area contributed by atoms with Crippen LogP contribution < -0.4 is 0 Å². The Morgan fingerprint density at radius 2 is 1.67 bits per heavy atom. The van der Waals surface area contributed by atoms with Crippen LogP contribution in [0.1, 0.15) is 66.2 Å². The molecule has 0 spiro atoms. The third-order valence-electron chi connectivity index (χ3n) is 2.98. The molecule has 0 fully saturated rings. The second kappa shape index (κ2) is 7.64. The fourth-order valence-electron chi connectivity index (χ4n) is 1.72. The van der Waals surface area contributed by atoms with Gasteiger partial charge in [0, 0.05) is 0 Å². The number of unbranched alkanes of at least 4 members (excludes halogenated alkanes) is 1. The normalized spacial score (nSPS) is 16.0. The molecule has 0 aliphatic heterocycles. The first-order valence-electron chi connectivity index (χ1n) is 5.74. The van der Waals surface area contributed by atoms with Gasteiger partial charge in [0.2, 0.25) is 0 Å². The summed E-state index contributed by atoms with van der Waals surface area (Å²) in [6.45, 7) is 9.31. The molecule has 0 heteroatoms. The van der Waals surface area contributed by atoms with E-state index in [4.69, 9.17) is 0 Å². The van der Waals surface area contributed by atoms with Gasteiger partial charge >= 0.3 is 0 Å². The van der Waals surface area contributed by atoms with E-state index in [1.54, 1.807) is 0 Å². The SMILES string of the molecule is CCCCC(CC)CC(C)CC. The highest BCUT2D eigenvalue weighted by Crippen LogP contribution is 2.22. The lowest BCUT2D eigenvalue weighted by Crippen LogP contribution is -2.04. The van der Waals surface area contributed by atoms with Crippen LogP contribution in [0.4, 0.5) is 0 Å². The van der Waals surface area contributed by atoms with Crippen molar-refractivity contribution >= 4 is 0 Å². The molecule has 0 aromatic rings. The fourth-order valence-corrected chi connectivity index (χ4v) is 1.72. The molecule has 2 atom stereocenters. The van der Waals surface area contributed by atoms with E-state index in [0.29, 0.717) is 0 Å². The number of hydrogen-bond donors (Lipinski definition) is 0. The van der Waals surface area contributed by atoms with Gasteiger partial charge in [0.25, 0.3) is 0 Å². The van der Waals surface area contributed by atoms with Gasteiger partial charge in [-0.25, -0.2) is 0 Å². The fraction of sp³-hybridized carbons (Fsp3) is 1.00. The van der Waals surface area contributed by atoms with Crippen molar-refractivity contribution in [3.05, 3.63) is 0 Å². The molecule has 0 bridgehead atoms. The minimum atomic E-state index is 0.937. The summed E-state index contributed by atoms with van der Waals surface area (Å²) in [5, 5.41) is 0. The highest BCUT2D eigenvalue weighted by atomic mass is 14.1. The summed E-state index contributed by atoms with van der Waals surface area (Å²) in [5.41, 5.74) is 0. The van der Waals surface area contributed by atoms with E-state index >= 15 is 0 Å². The summed E-state index contributed by atoms with van der Waals surface area (Å²) in [6, 6.07) is 0. The third kappa shape index (κ3) is 5.62. The first-order valence-corrected chi connectivity index (χ1v) is 5.74. The predicted molar refractivity (Wildman–Crippen MR) is 57.4 cm³/mol. The zero-order valence-corrected chi connectivity index (χ0v) is 9.40. The molecular weight excluding hydrogens is 144 g/mol. The average Bonchev–Trinajstić information content (AvgIpc) is 2.11. The van der Waals surface area contributed by atoms with E-state index < -0.39 is 0 Å². The van der Waals surface area contributed by atoms with Crippen LogP contribution in [-0.4, -0.2) is 0 Å². The second-order valence-corrected chi connectivity index (χ2v) is 4.17. The molecule has 0 radical (unpaired) electrons. The average molecular weight is 170 g/mol. The molecule has 0 aromatic carbocycles. The van der Waals surface area contributed by atoms with Gasteiger partial charge in [-0.1, -0.05) is 59.8 Å². The van der Waals surface area contributed by atoms with Crippen molar-refractivity contribution in [1.29, 1.82) is 0 Å². The maximum Gasteiger partial charge on any atom is -0.0414 e. The van der Waals surface area contributed by atoms with Gasteiger partial charge in [-0.3, -0.25) is 0 Å². The molecule has 0 rings (SSSR count). The van der Waals surface area contributed by atoms with Crippen LogP contribution in [-0.2, 0) is 0 Å². The van der Waals surface area contributed by atoms with Gasteiger partial charge in [-0.15, -0.1) is 0 Å². The Morgan fingerprint density at radius 3 is 2.08 bits per heavy atom. The first kappa shape index (κ1) is 12.0. The Kier molecular flexibility index (Phi) is 7.64. The highest BCUT2D eigenvalue weighted by Gasteiger charge is 2.09. The molecular formula is C12H26. The lowest BCUT2D eigenvalue weighted by atomic mass is 9.88. The van der Waals surface area contributed by atoms with Crippen LogP contribution in [0.3, 0.4) is 0 Å². The molecule has 0 aliphatic rings. The Balaban J connectivity index is 3.51. The molecule has 2 unspecified atom stereocenters. The molecule has 12 heavy (non-hydrogen) atoms. The van der Waals surface area contributed by atoms with Gasteiger partial charge < -0.3 is 0 Å². The lowest BCUT2D eigenvalue weighted by Gasteiger charge is -2.18. The van der Waals surface area contributed by atoms with Gasteiger partial charge in [0.1, 0.15) is 0 Å². The second-order valence-electron chi connectivity index (χ2n) is 4.17. The van der Waals surface area contributed by atoms with E-state index in [1.165, 1.54) is 38.5 Å². The largest absolute Gasteiger partial charge is 0.0654 e. The number of hydrogen-bond acceptors (Lipinski definition) is 0. The minimum absolute atomic E-state index is 0.937. The van der Waals surface area contributed by atoms with Crippen LogP contribution in [0.15, 0.2) is 0 Å². The Hall–Kier alpha value is 0.